The highest BCUT2D eigenvalue weighted by atomic mass is 32.2. The van der Waals surface area contributed by atoms with E-state index in [1.165, 1.54) is 36.5 Å². The summed E-state index contributed by atoms with van der Waals surface area (Å²) in [5.41, 5.74) is 2.51. The number of hydrogen-bond donors (Lipinski definition) is 3. The van der Waals surface area contributed by atoms with E-state index in [9.17, 15) is 18.3 Å². The number of aromatic nitrogens is 1. The number of rotatable bonds is 5. The van der Waals surface area contributed by atoms with Gasteiger partial charge in [-0.3, -0.25) is 9.52 Å². The van der Waals surface area contributed by atoms with Gasteiger partial charge in [0.05, 0.1) is 4.90 Å². The van der Waals surface area contributed by atoms with E-state index in [4.69, 9.17) is 0 Å². The second kappa shape index (κ2) is 7.69. The number of carbonyl (C=O) groups is 1. The fourth-order valence-corrected chi connectivity index (χ4v) is 3.60. The molecule has 1 heterocycles. The lowest BCUT2D eigenvalue weighted by Gasteiger charge is -2.10. The molecule has 1 aromatic heterocycles. The van der Waals surface area contributed by atoms with Gasteiger partial charge < -0.3 is 10.4 Å². The Morgan fingerprint density at radius 2 is 1.71 bits per heavy atom. The van der Waals surface area contributed by atoms with Gasteiger partial charge in [0.2, 0.25) is 0 Å². The van der Waals surface area contributed by atoms with Gasteiger partial charge in [0.25, 0.3) is 15.9 Å². The number of aryl methyl sites for hydroxylation is 2. The summed E-state index contributed by atoms with van der Waals surface area (Å²) >= 11 is 0. The summed E-state index contributed by atoms with van der Waals surface area (Å²) < 4.78 is 27.6. The number of nitrogens with zero attached hydrogens (tertiary/aromatic N) is 1. The molecule has 0 aliphatic heterocycles. The number of amides is 1. The Morgan fingerprint density at radius 3 is 2.36 bits per heavy atom. The Kier molecular flexibility index (Phi) is 5.32. The quantitative estimate of drug-likeness (QED) is 0.611. The largest absolute Gasteiger partial charge is 0.504 e. The summed E-state index contributed by atoms with van der Waals surface area (Å²) in [7, 11) is -3.73. The lowest BCUT2D eigenvalue weighted by molar-refractivity contribution is 0.102. The van der Waals surface area contributed by atoms with Crippen LogP contribution in [0.5, 0.6) is 5.75 Å². The molecule has 8 heteroatoms. The van der Waals surface area contributed by atoms with Crippen molar-refractivity contribution in [3.05, 3.63) is 77.5 Å². The molecule has 0 spiro atoms. The van der Waals surface area contributed by atoms with Crippen molar-refractivity contribution in [2.24, 2.45) is 0 Å². The average Bonchev–Trinajstić information content (AvgIpc) is 2.66. The molecule has 2 aromatic carbocycles. The topological polar surface area (TPSA) is 108 Å². The van der Waals surface area contributed by atoms with Crippen molar-refractivity contribution in [1.29, 1.82) is 0 Å². The lowest BCUT2D eigenvalue weighted by Crippen LogP contribution is -2.15. The van der Waals surface area contributed by atoms with Crippen LogP contribution in [0.4, 0.5) is 11.5 Å². The molecule has 0 atom stereocenters. The summed E-state index contributed by atoms with van der Waals surface area (Å²) in [6.07, 6.45) is 1.44. The molecule has 0 aliphatic rings. The summed E-state index contributed by atoms with van der Waals surface area (Å²) in [6.45, 7) is 3.76. The van der Waals surface area contributed by atoms with Crippen LogP contribution < -0.4 is 10.0 Å². The van der Waals surface area contributed by atoms with Crippen LogP contribution in [0, 0.1) is 13.8 Å². The third-order valence-corrected chi connectivity index (χ3v) is 5.59. The molecule has 3 rings (SSSR count). The van der Waals surface area contributed by atoms with Crippen LogP contribution in [0.2, 0.25) is 0 Å². The molecule has 3 aromatic rings. The van der Waals surface area contributed by atoms with Crippen molar-refractivity contribution >= 4 is 27.4 Å². The molecular formula is C20H19N3O4S. The standard InChI is InChI=1S/C20H19N3O4S/c1-13-5-10-17(12-14(13)2)28(26,27)23-16-8-6-15(7-9-16)20(25)22-19-18(24)4-3-11-21-19/h3-12,23-24H,1-2H3,(H,21,22,25). The zero-order chi connectivity index (χ0) is 20.3. The van der Waals surface area contributed by atoms with Crippen molar-refractivity contribution in [2.45, 2.75) is 18.7 Å². The summed E-state index contributed by atoms with van der Waals surface area (Å²) in [4.78, 5) is 16.3. The van der Waals surface area contributed by atoms with Gasteiger partial charge in [0.15, 0.2) is 11.6 Å². The molecule has 0 saturated carbocycles. The highest BCUT2D eigenvalue weighted by molar-refractivity contribution is 7.92. The Hall–Kier alpha value is -3.39. The molecular weight excluding hydrogens is 378 g/mol. The number of pyridine rings is 1. The molecule has 144 valence electrons. The van der Waals surface area contributed by atoms with Crippen molar-refractivity contribution in [3.8, 4) is 5.75 Å². The van der Waals surface area contributed by atoms with Crippen molar-refractivity contribution in [1.82, 2.24) is 4.98 Å². The maximum Gasteiger partial charge on any atom is 0.261 e. The first kappa shape index (κ1) is 19.4. The molecule has 0 aliphatic carbocycles. The van der Waals surface area contributed by atoms with Gasteiger partial charge in [-0.1, -0.05) is 6.07 Å². The molecule has 7 nitrogen and oxygen atoms in total. The predicted octanol–water partition coefficient (Wildman–Crippen LogP) is 3.46. The van der Waals surface area contributed by atoms with E-state index in [-0.39, 0.29) is 16.5 Å². The first-order chi connectivity index (χ1) is 13.3. The van der Waals surface area contributed by atoms with E-state index in [0.717, 1.165) is 11.1 Å². The number of carbonyl (C=O) groups excluding carboxylic acids is 1. The van der Waals surface area contributed by atoms with Gasteiger partial charge in [-0.15, -0.1) is 0 Å². The van der Waals surface area contributed by atoms with Gasteiger partial charge in [-0.25, -0.2) is 13.4 Å². The van der Waals surface area contributed by atoms with E-state index >= 15 is 0 Å². The smallest absolute Gasteiger partial charge is 0.261 e. The monoisotopic (exact) mass is 397 g/mol. The average molecular weight is 397 g/mol. The van der Waals surface area contributed by atoms with Crippen molar-refractivity contribution in [3.63, 3.8) is 0 Å². The van der Waals surface area contributed by atoms with E-state index in [2.05, 4.69) is 15.0 Å². The Morgan fingerprint density at radius 1 is 1.00 bits per heavy atom. The summed E-state index contributed by atoms with van der Waals surface area (Å²) in [5, 5.41) is 12.2. The second-order valence-corrected chi connectivity index (χ2v) is 7.94. The number of sulfonamides is 1. The summed E-state index contributed by atoms with van der Waals surface area (Å²) in [5.74, 6) is -0.571. The molecule has 1 amide bonds. The minimum Gasteiger partial charge on any atom is -0.504 e. The minimum atomic E-state index is -3.73. The number of nitrogens with one attached hydrogen (secondary N) is 2. The van der Waals surface area contributed by atoms with Crippen LogP contribution in [0.15, 0.2) is 65.7 Å². The van der Waals surface area contributed by atoms with Crippen LogP contribution >= 0.6 is 0 Å². The van der Waals surface area contributed by atoms with E-state index < -0.39 is 15.9 Å². The maximum atomic E-state index is 12.5. The number of hydrogen-bond acceptors (Lipinski definition) is 5. The molecule has 0 saturated heterocycles. The zero-order valence-electron chi connectivity index (χ0n) is 15.3. The van der Waals surface area contributed by atoms with Gasteiger partial charge in [0.1, 0.15) is 0 Å². The predicted molar refractivity (Wildman–Crippen MR) is 107 cm³/mol. The van der Waals surface area contributed by atoms with Gasteiger partial charge in [0, 0.05) is 17.4 Å². The van der Waals surface area contributed by atoms with E-state index in [0.29, 0.717) is 11.3 Å². The van der Waals surface area contributed by atoms with Gasteiger partial charge >= 0.3 is 0 Å². The first-order valence-electron chi connectivity index (χ1n) is 8.42. The highest BCUT2D eigenvalue weighted by Gasteiger charge is 2.15. The molecule has 0 radical (unpaired) electrons. The van der Waals surface area contributed by atoms with Gasteiger partial charge in [-0.05, 0) is 73.5 Å². The van der Waals surface area contributed by atoms with Crippen LogP contribution in [0.25, 0.3) is 0 Å². The Bertz CT molecular complexity index is 1130. The third kappa shape index (κ3) is 4.29. The number of benzene rings is 2. The molecule has 0 unspecified atom stereocenters. The normalized spacial score (nSPS) is 11.1. The Labute approximate surface area is 163 Å². The fraction of sp³-hybridized carbons (Fsp3) is 0.100. The number of aromatic hydroxyl groups is 1. The third-order valence-electron chi connectivity index (χ3n) is 4.21. The lowest BCUT2D eigenvalue weighted by atomic mass is 10.1. The zero-order valence-corrected chi connectivity index (χ0v) is 16.1. The fourth-order valence-electron chi connectivity index (χ4n) is 2.46. The van der Waals surface area contributed by atoms with Crippen LogP contribution in [0.1, 0.15) is 21.5 Å². The van der Waals surface area contributed by atoms with Gasteiger partial charge in [-0.2, -0.15) is 0 Å². The van der Waals surface area contributed by atoms with Crippen molar-refractivity contribution in [2.75, 3.05) is 10.0 Å². The van der Waals surface area contributed by atoms with E-state index in [1.54, 1.807) is 24.3 Å². The SMILES string of the molecule is Cc1ccc(S(=O)(=O)Nc2ccc(C(=O)Nc3ncccc3O)cc2)cc1C. The van der Waals surface area contributed by atoms with Crippen molar-refractivity contribution < 1.29 is 18.3 Å². The van der Waals surface area contributed by atoms with E-state index in [1.807, 2.05) is 13.8 Å². The minimum absolute atomic E-state index is 0.0482. The highest BCUT2D eigenvalue weighted by Crippen LogP contribution is 2.21. The van der Waals surface area contributed by atoms with Crippen LogP contribution in [0.3, 0.4) is 0 Å². The van der Waals surface area contributed by atoms with Crippen LogP contribution in [-0.4, -0.2) is 24.4 Å². The van der Waals surface area contributed by atoms with Crippen LogP contribution in [-0.2, 0) is 10.0 Å². The maximum absolute atomic E-state index is 12.5. The summed E-state index contributed by atoms with van der Waals surface area (Å²) in [6, 6.07) is 13.8. The molecule has 28 heavy (non-hydrogen) atoms. The first-order valence-corrected chi connectivity index (χ1v) is 9.90. The molecule has 0 fully saturated rings. The molecule has 3 N–H and O–H groups in total. The number of anilines is 2. The Balaban J connectivity index is 1.74. The molecule has 0 bridgehead atoms. The second-order valence-electron chi connectivity index (χ2n) is 6.25.